The van der Waals surface area contributed by atoms with Crippen LogP contribution in [0.3, 0.4) is 0 Å². The number of nitrogens with one attached hydrogen (secondary N) is 4. The summed E-state index contributed by atoms with van der Waals surface area (Å²) in [5.41, 5.74) is 5.49. The molecule has 0 radical (unpaired) electrons. The van der Waals surface area contributed by atoms with Crippen molar-refractivity contribution in [2.75, 3.05) is 13.1 Å². The highest BCUT2D eigenvalue weighted by atomic mass is 16.4. The summed E-state index contributed by atoms with van der Waals surface area (Å²) < 4.78 is 0. The van der Waals surface area contributed by atoms with Crippen LogP contribution in [0.25, 0.3) is 0 Å². The molecule has 0 saturated carbocycles. The quantitative estimate of drug-likeness (QED) is 0.137. The standard InChI is InChI=1S/C19H35N5O7/c1-10(25)14(18(29)24-15(11(2)26)19(30)31)23-17(28)13(6-3-4-8-20)22-16(27)12-7-5-9-21-12/h10-15,21,25-26H,3-9,20H2,1-2H3,(H,22,27)(H,23,28)(H,24,29)(H,30,31). The minimum atomic E-state index is -1.61. The van der Waals surface area contributed by atoms with E-state index in [4.69, 9.17) is 10.8 Å². The molecule has 1 aliphatic rings. The Labute approximate surface area is 181 Å². The van der Waals surface area contributed by atoms with E-state index < -0.39 is 54.2 Å². The minimum absolute atomic E-state index is 0.279. The van der Waals surface area contributed by atoms with Crippen LogP contribution in [0.5, 0.6) is 0 Å². The number of hydrogen-bond acceptors (Lipinski definition) is 8. The van der Waals surface area contributed by atoms with Crippen LogP contribution >= 0.6 is 0 Å². The number of hydrogen-bond donors (Lipinski definition) is 8. The van der Waals surface area contributed by atoms with Gasteiger partial charge in [0.2, 0.25) is 17.7 Å². The number of carboxylic acids is 1. The average Bonchev–Trinajstić information content (AvgIpc) is 3.23. The van der Waals surface area contributed by atoms with Gasteiger partial charge in [0.15, 0.2) is 6.04 Å². The van der Waals surface area contributed by atoms with Crippen molar-refractivity contribution in [2.24, 2.45) is 5.73 Å². The van der Waals surface area contributed by atoms with Crippen LogP contribution in [0.1, 0.15) is 46.0 Å². The molecular formula is C19H35N5O7. The lowest BCUT2D eigenvalue weighted by Crippen LogP contribution is -2.60. The third kappa shape index (κ3) is 8.77. The number of unbranched alkanes of at least 4 members (excludes halogenated alkanes) is 1. The van der Waals surface area contributed by atoms with Gasteiger partial charge in [0.05, 0.1) is 18.2 Å². The zero-order valence-electron chi connectivity index (χ0n) is 18.0. The predicted molar refractivity (Wildman–Crippen MR) is 111 cm³/mol. The molecular weight excluding hydrogens is 410 g/mol. The molecule has 1 heterocycles. The number of aliphatic hydroxyl groups excluding tert-OH is 2. The van der Waals surface area contributed by atoms with Crippen molar-refractivity contribution in [1.29, 1.82) is 0 Å². The molecule has 3 amide bonds. The maximum Gasteiger partial charge on any atom is 0.328 e. The number of aliphatic hydroxyl groups is 2. The number of carbonyl (C=O) groups is 4. The van der Waals surface area contributed by atoms with E-state index in [-0.39, 0.29) is 12.3 Å². The van der Waals surface area contributed by atoms with Crippen molar-refractivity contribution < 1.29 is 34.5 Å². The van der Waals surface area contributed by atoms with Gasteiger partial charge < -0.3 is 42.3 Å². The molecule has 1 fully saturated rings. The van der Waals surface area contributed by atoms with Gasteiger partial charge in [0.1, 0.15) is 12.1 Å². The van der Waals surface area contributed by atoms with E-state index in [1.165, 1.54) is 13.8 Å². The lowest BCUT2D eigenvalue weighted by Gasteiger charge is -2.27. The van der Waals surface area contributed by atoms with Crippen molar-refractivity contribution >= 4 is 23.7 Å². The van der Waals surface area contributed by atoms with Gasteiger partial charge in [0, 0.05) is 0 Å². The van der Waals surface area contributed by atoms with E-state index in [0.717, 1.165) is 6.42 Å². The van der Waals surface area contributed by atoms with E-state index in [9.17, 15) is 29.4 Å². The SMILES string of the molecule is CC(O)C(NC(=O)C(NC(=O)C(CCCCN)NC(=O)C1CCCN1)C(C)O)C(=O)O. The van der Waals surface area contributed by atoms with E-state index in [1.807, 2.05) is 0 Å². The largest absolute Gasteiger partial charge is 0.480 e. The Morgan fingerprint density at radius 1 is 1.00 bits per heavy atom. The summed E-state index contributed by atoms with van der Waals surface area (Å²) in [5, 5.41) is 38.8. The van der Waals surface area contributed by atoms with E-state index in [1.54, 1.807) is 0 Å². The monoisotopic (exact) mass is 445 g/mol. The molecule has 31 heavy (non-hydrogen) atoms. The zero-order chi connectivity index (χ0) is 23.6. The third-order valence-electron chi connectivity index (χ3n) is 5.07. The normalized spacial score (nSPS) is 20.7. The molecule has 0 bridgehead atoms. The predicted octanol–water partition coefficient (Wildman–Crippen LogP) is -2.83. The number of amides is 3. The lowest BCUT2D eigenvalue weighted by atomic mass is 10.1. The first kappa shape index (κ1) is 26.8. The first-order valence-electron chi connectivity index (χ1n) is 10.5. The van der Waals surface area contributed by atoms with Crippen molar-refractivity contribution in [2.45, 2.75) is 82.3 Å². The van der Waals surface area contributed by atoms with Gasteiger partial charge in [-0.3, -0.25) is 14.4 Å². The second-order valence-corrected chi connectivity index (χ2v) is 7.79. The Balaban J connectivity index is 2.87. The highest BCUT2D eigenvalue weighted by molar-refractivity contribution is 5.94. The summed E-state index contributed by atoms with van der Waals surface area (Å²) >= 11 is 0. The van der Waals surface area contributed by atoms with Crippen LogP contribution in [0.15, 0.2) is 0 Å². The van der Waals surface area contributed by atoms with Gasteiger partial charge in [-0.1, -0.05) is 0 Å². The first-order chi connectivity index (χ1) is 14.6. The van der Waals surface area contributed by atoms with Crippen LogP contribution in [0, 0.1) is 0 Å². The number of carbonyl (C=O) groups excluding carboxylic acids is 3. The van der Waals surface area contributed by atoms with Gasteiger partial charge >= 0.3 is 5.97 Å². The summed E-state index contributed by atoms with van der Waals surface area (Å²) in [6.45, 7) is 3.57. The first-order valence-corrected chi connectivity index (χ1v) is 10.5. The molecule has 0 aliphatic carbocycles. The van der Waals surface area contributed by atoms with Gasteiger partial charge in [-0.05, 0) is 59.0 Å². The molecule has 1 saturated heterocycles. The van der Waals surface area contributed by atoms with Gasteiger partial charge in [-0.25, -0.2) is 4.79 Å². The Hall–Kier alpha value is -2.28. The van der Waals surface area contributed by atoms with Crippen molar-refractivity contribution in [1.82, 2.24) is 21.3 Å². The Bertz CT molecular complexity index is 623. The van der Waals surface area contributed by atoms with Crippen molar-refractivity contribution in [3.8, 4) is 0 Å². The van der Waals surface area contributed by atoms with Gasteiger partial charge in [0.25, 0.3) is 0 Å². The summed E-state index contributed by atoms with van der Waals surface area (Å²) in [5.74, 6) is -3.45. The van der Waals surface area contributed by atoms with Gasteiger partial charge in [-0.2, -0.15) is 0 Å². The minimum Gasteiger partial charge on any atom is -0.480 e. The smallest absolute Gasteiger partial charge is 0.328 e. The number of rotatable bonds is 13. The maximum absolute atomic E-state index is 12.8. The molecule has 178 valence electrons. The van der Waals surface area contributed by atoms with E-state index in [0.29, 0.717) is 32.4 Å². The second kappa shape index (κ2) is 13.2. The Kier molecular flexibility index (Phi) is 11.4. The highest BCUT2D eigenvalue weighted by Gasteiger charge is 2.34. The van der Waals surface area contributed by atoms with Gasteiger partial charge in [-0.15, -0.1) is 0 Å². The fourth-order valence-corrected chi connectivity index (χ4v) is 3.23. The second-order valence-electron chi connectivity index (χ2n) is 7.79. The van der Waals surface area contributed by atoms with Crippen LogP contribution in [-0.2, 0) is 19.2 Å². The molecule has 6 atom stereocenters. The number of carboxylic acid groups (broad SMARTS) is 1. The van der Waals surface area contributed by atoms with E-state index >= 15 is 0 Å². The average molecular weight is 446 g/mol. The molecule has 9 N–H and O–H groups in total. The molecule has 0 aromatic heterocycles. The number of nitrogens with two attached hydrogens (primary N) is 1. The van der Waals surface area contributed by atoms with Crippen LogP contribution < -0.4 is 27.0 Å². The van der Waals surface area contributed by atoms with Crippen LogP contribution in [-0.4, -0.2) is 88.5 Å². The summed E-state index contributed by atoms with van der Waals surface area (Å²) in [4.78, 5) is 49.0. The lowest BCUT2D eigenvalue weighted by molar-refractivity contribution is -0.146. The maximum atomic E-state index is 12.8. The molecule has 1 rings (SSSR count). The summed E-state index contributed by atoms with van der Waals surface area (Å²) in [6.07, 6.45) is 0.218. The fraction of sp³-hybridized carbons (Fsp3) is 0.789. The van der Waals surface area contributed by atoms with E-state index in [2.05, 4.69) is 21.3 Å². The Morgan fingerprint density at radius 3 is 2.10 bits per heavy atom. The molecule has 0 aromatic carbocycles. The molecule has 6 unspecified atom stereocenters. The summed E-state index contributed by atoms with van der Waals surface area (Å²) in [6, 6.07) is -4.45. The van der Waals surface area contributed by atoms with Crippen LogP contribution in [0.4, 0.5) is 0 Å². The third-order valence-corrected chi connectivity index (χ3v) is 5.07. The highest BCUT2D eigenvalue weighted by Crippen LogP contribution is 2.08. The summed E-state index contributed by atoms with van der Waals surface area (Å²) in [7, 11) is 0. The molecule has 12 heteroatoms. The topological polar surface area (TPSA) is 203 Å². The number of aliphatic carboxylic acids is 1. The molecule has 0 spiro atoms. The molecule has 12 nitrogen and oxygen atoms in total. The molecule has 1 aliphatic heterocycles. The Morgan fingerprint density at radius 2 is 1.61 bits per heavy atom. The van der Waals surface area contributed by atoms with Crippen LogP contribution in [0.2, 0.25) is 0 Å². The van der Waals surface area contributed by atoms with Crippen molar-refractivity contribution in [3.63, 3.8) is 0 Å². The fourth-order valence-electron chi connectivity index (χ4n) is 3.23. The zero-order valence-corrected chi connectivity index (χ0v) is 18.0. The molecule has 0 aromatic rings. The van der Waals surface area contributed by atoms with Crippen molar-refractivity contribution in [3.05, 3.63) is 0 Å².